The zero-order chi connectivity index (χ0) is 17.7. The molecule has 0 aromatic heterocycles. The number of rotatable bonds is 6. The van der Waals surface area contributed by atoms with Crippen molar-refractivity contribution in [2.24, 2.45) is 0 Å². The molecule has 0 bridgehead atoms. The Morgan fingerprint density at radius 1 is 1.04 bits per heavy atom. The lowest BCUT2D eigenvalue weighted by molar-refractivity contribution is 0.0935. The van der Waals surface area contributed by atoms with Crippen LogP contribution in [0.3, 0.4) is 0 Å². The maximum Gasteiger partial charge on any atom is 0.251 e. The Morgan fingerprint density at radius 2 is 1.79 bits per heavy atom. The molecule has 3 heteroatoms. The van der Waals surface area contributed by atoms with Gasteiger partial charge in [-0.05, 0) is 69.0 Å². The van der Waals surface area contributed by atoms with Crippen LogP contribution in [0, 0.1) is 20.8 Å². The van der Waals surface area contributed by atoms with Gasteiger partial charge in [0.05, 0.1) is 12.6 Å². The molecule has 0 aliphatic heterocycles. The van der Waals surface area contributed by atoms with Crippen LogP contribution in [0.25, 0.3) is 0 Å². The summed E-state index contributed by atoms with van der Waals surface area (Å²) >= 11 is 0. The van der Waals surface area contributed by atoms with Gasteiger partial charge in [-0.15, -0.1) is 0 Å². The van der Waals surface area contributed by atoms with Crippen molar-refractivity contribution in [3.63, 3.8) is 0 Å². The van der Waals surface area contributed by atoms with Gasteiger partial charge in [-0.2, -0.15) is 0 Å². The van der Waals surface area contributed by atoms with Crippen LogP contribution >= 0.6 is 0 Å². The van der Waals surface area contributed by atoms with Crippen molar-refractivity contribution < 1.29 is 9.53 Å². The number of carbonyl (C=O) groups excluding carboxylic acids is 1. The van der Waals surface area contributed by atoms with Gasteiger partial charge in [-0.3, -0.25) is 4.79 Å². The van der Waals surface area contributed by atoms with Crippen LogP contribution in [0.4, 0.5) is 0 Å². The Morgan fingerprint density at radius 3 is 2.38 bits per heavy atom. The zero-order valence-electron chi connectivity index (χ0n) is 15.3. The predicted octanol–water partition coefficient (Wildman–Crippen LogP) is 4.89. The van der Waals surface area contributed by atoms with E-state index >= 15 is 0 Å². The van der Waals surface area contributed by atoms with Gasteiger partial charge in [0.2, 0.25) is 0 Å². The lowest BCUT2D eigenvalue weighted by Gasteiger charge is -2.20. The smallest absolute Gasteiger partial charge is 0.251 e. The van der Waals surface area contributed by atoms with Crippen LogP contribution in [-0.4, -0.2) is 12.5 Å². The van der Waals surface area contributed by atoms with Gasteiger partial charge in [-0.1, -0.05) is 30.7 Å². The molecule has 0 fully saturated rings. The van der Waals surface area contributed by atoms with Crippen molar-refractivity contribution in [3.05, 3.63) is 64.2 Å². The molecule has 0 radical (unpaired) electrons. The van der Waals surface area contributed by atoms with Crippen molar-refractivity contribution in [3.8, 4) is 5.75 Å². The van der Waals surface area contributed by atoms with Crippen molar-refractivity contribution in [1.29, 1.82) is 0 Å². The maximum atomic E-state index is 12.6. The van der Waals surface area contributed by atoms with E-state index in [-0.39, 0.29) is 11.9 Å². The summed E-state index contributed by atoms with van der Waals surface area (Å²) in [6.45, 7) is 10.8. The summed E-state index contributed by atoms with van der Waals surface area (Å²) < 4.78 is 5.54. The first kappa shape index (κ1) is 18.1. The average molecular weight is 325 g/mol. The molecule has 3 nitrogen and oxygen atoms in total. The molecule has 2 aromatic rings. The summed E-state index contributed by atoms with van der Waals surface area (Å²) in [7, 11) is 0. The molecule has 24 heavy (non-hydrogen) atoms. The lowest BCUT2D eigenvalue weighted by atomic mass is 9.97. The summed E-state index contributed by atoms with van der Waals surface area (Å²) in [4.78, 5) is 12.6. The number of nitrogens with one attached hydrogen (secondary N) is 1. The van der Waals surface area contributed by atoms with Gasteiger partial charge in [-0.25, -0.2) is 0 Å². The number of hydrogen-bond donors (Lipinski definition) is 1. The van der Waals surface area contributed by atoms with E-state index < -0.39 is 0 Å². The summed E-state index contributed by atoms with van der Waals surface area (Å²) in [6.07, 6.45) is 0.853. The number of aryl methyl sites for hydroxylation is 3. The Labute approximate surface area is 145 Å². The molecule has 2 rings (SSSR count). The summed E-state index contributed by atoms with van der Waals surface area (Å²) in [5.41, 5.74) is 5.27. The Bertz CT molecular complexity index is 722. The van der Waals surface area contributed by atoms with E-state index in [2.05, 4.69) is 44.3 Å². The monoisotopic (exact) mass is 325 g/mol. The van der Waals surface area contributed by atoms with Gasteiger partial charge in [0.1, 0.15) is 5.75 Å². The maximum absolute atomic E-state index is 12.6. The highest BCUT2D eigenvalue weighted by Gasteiger charge is 2.16. The number of benzene rings is 2. The molecule has 0 saturated carbocycles. The van der Waals surface area contributed by atoms with Crippen LogP contribution in [0.2, 0.25) is 0 Å². The largest absolute Gasteiger partial charge is 0.494 e. The third-order valence-corrected chi connectivity index (χ3v) is 4.25. The first-order chi connectivity index (χ1) is 11.5. The molecule has 1 unspecified atom stereocenters. The van der Waals surface area contributed by atoms with E-state index in [4.69, 9.17) is 4.74 Å². The van der Waals surface area contributed by atoms with Crippen LogP contribution in [0.15, 0.2) is 36.4 Å². The summed E-state index contributed by atoms with van der Waals surface area (Å²) in [5, 5.41) is 3.16. The first-order valence-corrected chi connectivity index (χ1v) is 8.57. The molecule has 0 heterocycles. The third-order valence-electron chi connectivity index (χ3n) is 4.25. The molecule has 1 amide bonds. The highest BCUT2D eigenvalue weighted by atomic mass is 16.5. The molecule has 0 spiro atoms. The second kappa shape index (κ2) is 8.00. The second-order valence-corrected chi connectivity index (χ2v) is 6.21. The van der Waals surface area contributed by atoms with Crippen LogP contribution < -0.4 is 10.1 Å². The summed E-state index contributed by atoms with van der Waals surface area (Å²) in [6, 6.07) is 12.0. The van der Waals surface area contributed by atoms with Gasteiger partial charge < -0.3 is 10.1 Å². The fourth-order valence-corrected chi connectivity index (χ4v) is 2.97. The van der Waals surface area contributed by atoms with E-state index in [1.807, 2.05) is 32.0 Å². The van der Waals surface area contributed by atoms with Crippen molar-refractivity contribution in [2.45, 2.75) is 47.1 Å². The SMILES string of the molecule is CCOc1ccc(C(=O)NC(CC)c2ccc(C)cc2C)cc1C. The van der Waals surface area contributed by atoms with Crippen molar-refractivity contribution >= 4 is 5.91 Å². The topological polar surface area (TPSA) is 38.3 Å². The predicted molar refractivity (Wildman–Crippen MR) is 98.8 cm³/mol. The molecule has 1 N–H and O–H groups in total. The molecule has 1 atom stereocenters. The minimum atomic E-state index is -0.0482. The fourth-order valence-electron chi connectivity index (χ4n) is 2.97. The zero-order valence-corrected chi connectivity index (χ0v) is 15.3. The summed E-state index contributed by atoms with van der Waals surface area (Å²) in [5.74, 6) is 0.781. The molecule has 0 aliphatic rings. The van der Waals surface area contributed by atoms with E-state index in [0.29, 0.717) is 12.2 Å². The van der Waals surface area contributed by atoms with Crippen molar-refractivity contribution in [2.75, 3.05) is 6.61 Å². The standard InChI is InChI=1S/C21H27NO2/c1-6-19(18-10-8-14(3)12-15(18)4)22-21(23)17-9-11-20(24-7-2)16(5)13-17/h8-13,19H,6-7H2,1-5H3,(H,22,23). The van der Waals surface area contributed by atoms with Gasteiger partial charge in [0, 0.05) is 5.56 Å². The Hall–Kier alpha value is -2.29. The van der Waals surface area contributed by atoms with E-state index in [1.54, 1.807) is 0 Å². The number of ether oxygens (including phenoxy) is 1. The Kier molecular flexibility index (Phi) is 6.02. The normalized spacial score (nSPS) is 11.9. The van der Waals surface area contributed by atoms with Gasteiger partial charge in [0.25, 0.3) is 5.91 Å². The second-order valence-electron chi connectivity index (χ2n) is 6.21. The lowest BCUT2D eigenvalue weighted by Crippen LogP contribution is -2.28. The van der Waals surface area contributed by atoms with Crippen LogP contribution in [-0.2, 0) is 0 Å². The molecule has 0 aliphatic carbocycles. The average Bonchev–Trinajstić information content (AvgIpc) is 2.55. The Balaban J connectivity index is 2.19. The van der Waals surface area contributed by atoms with E-state index in [1.165, 1.54) is 16.7 Å². The van der Waals surface area contributed by atoms with Crippen molar-refractivity contribution in [1.82, 2.24) is 5.32 Å². The minimum absolute atomic E-state index is 0.0185. The highest BCUT2D eigenvalue weighted by Crippen LogP contribution is 2.23. The molecular weight excluding hydrogens is 298 g/mol. The van der Waals surface area contributed by atoms with Gasteiger partial charge in [0.15, 0.2) is 0 Å². The van der Waals surface area contributed by atoms with E-state index in [0.717, 1.165) is 17.7 Å². The highest BCUT2D eigenvalue weighted by molar-refractivity contribution is 5.94. The van der Waals surface area contributed by atoms with Crippen LogP contribution in [0.1, 0.15) is 58.9 Å². The van der Waals surface area contributed by atoms with E-state index in [9.17, 15) is 4.79 Å². The molecule has 0 saturated heterocycles. The third kappa shape index (κ3) is 4.16. The number of carbonyl (C=O) groups is 1. The number of amides is 1. The molecular formula is C21H27NO2. The first-order valence-electron chi connectivity index (χ1n) is 8.57. The fraction of sp³-hybridized carbons (Fsp3) is 0.381. The molecule has 2 aromatic carbocycles. The molecule has 128 valence electrons. The van der Waals surface area contributed by atoms with Crippen LogP contribution in [0.5, 0.6) is 5.75 Å². The van der Waals surface area contributed by atoms with Gasteiger partial charge >= 0.3 is 0 Å². The minimum Gasteiger partial charge on any atom is -0.494 e. The number of hydrogen-bond acceptors (Lipinski definition) is 2. The quantitative estimate of drug-likeness (QED) is 0.821.